The van der Waals surface area contributed by atoms with E-state index in [0.717, 1.165) is 0 Å². The van der Waals surface area contributed by atoms with Crippen molar-refractivity contribution < 1.29 is 34.3 Å². The highest BCUT2D eigenvalue weighted by Gasteiger charge is 2.47. The van der Waals surface area contributed by atoms with Crippen LogP contribution >= 0.6 is 0 Å². The van der Waals surface area contributed by atoms with Gasteiger partial charge in [-0.1, -0.05) is 0 Å². The standard InChI is InChI=1S/C6H9FO6/c7-5-3(10)1(8)2(9)4(13-5)6(11)12/h1-5,8-10H,(H,11,12)/t1-,2-,3+,4+,5?/m1/s1. The van der Waals surface area contributed by atoms with Crippen molar-refractivity contribution in [2.45, 2.75) is 30.8 Å². The lowest BCUT2D eigenvalue weighted by Gasteiger charge is -2.34. The average Bonchev–Trinajstić information content (AvgIpc) is 2.07. The predicted octanol–water partition coefficient (Wildman–Crippen LogP) is -2.15. The second-order valence-electron chi connectivity index (χ2n) is 2.72. The van der Waals surface area contributed by atoms with E-state index in [1.807, 2.05) is 0 Å². The number of ether oxygens (including phenoxy) is 1. The first-order valence-electron chi connectivity index (χ1n) is 3.51. The van der Waals surface area contributed by atoms with Gasteiger partial charge in [0.1, 0.15) is 18.3 Å². The molecule has 0 aromatic rings. The van der Waals surface area contributed by atoms with Crippen molar-refractivity contribution in [1.29, 1.82) is 0 Å². The van der Waals surface area contributed by atoms with E-state index in [2.05, 4.69) is 4.74 Å². The number of aliphatic hydroxyl groups excluding tert-OH is 3. The molecular formula is C6H9FO6. The third-order valence-corrected chi connectivity index (χ3v) is 1.80. The first-order valence-corrected chi connectivity index (χ1v) is 3.51. The Morgan fingerprint density at radius 1 is 1.15 bits per heavy atom. The maximum Gasteiger partial charge on any atom is 0.335 e. The zero-order valence-corrected chi connectivity index (χ0v) is 6.37. The van der Waals surface area contributed by atoms with Gasteiger partial charge in [0.05, 0.1) is 0 Å². The first kappa shape index (κ1) is 10.3. The van der Waals surface area contributed by atoms with Gasteiger partial charge in [-0.15, -0.1) is 0 Å². The van der Waals surface area contributed by atoms with Crippen molar-refractivity contribution in [3.63, 3.8) is 0 Å². The van der Waals surface area contributed by atoms with E-state index in [-0.39, 0.29) is 0 Å². The number of carboxylic acid groups (broad SMARTS) is 1. The topological polar surface area (TPSA) is 107 Å². The van der Waals surface area contributed by atoms with Crippen LogP contribution in [0.15, 0.2) is 0 Å². The minimum Gasteiger partial charge on any atom is -0.479 e. The van der Waals surface area contributed by atoms with Crippen LogP contribution in [-0.2, 0) is 9.53 Å². The van der Waals surface area contributed by atoms with Crippen molar-refractivity contribution in [3.05, 3.63) is 0 Å². The fourth-order valence-electron chi connectivity index (χ4n) is 1.04. The molecule has 0 amide bonds. The quantitative estimate of drug-likeness (QED) is 0.381. The second-order valence-corrected chi connectivity index (χ2v) is 2.72. The van der Waals surface area contributed by atoms with E-state index in [9.17, 15) is 9.18 Å². The van der Waals surface area contributed by atoms with Crippen molar-refractivity contribution in [2.75, 3.05) is 0 Å². The number of aliphatic hydroxyl groups is 3. The number of hydrogen-bond donors (Lipinski definition) is 4. The van der Waals surface area contributed by atoms with Gasteiger partial charge in [0.25, 0.3) is 0 Å². The highest BCUT2D eigenvalue weighted by molar-refractivity contribution is 5.73. The highest BCUT2D eigenvalue weighted by Crippen LogP contribution is 2.21. The van der Waals surface area contributed by atoms with Gasteiger partial charge < -0.3 is 25.2 Å². The van der Waals surface area contributed by atoms with E-state index in [4.69, 9.17) is 20.4 Å². The summed E-state index contributed by atoms with van der Waals surface area (Å²) in [5.41, 5.74) is 0. The third kappa shape index (κ3) is 1.78. The zero-order valence-electron chi connectivity index (χ0n) is 6.37. The summed E-state index contributed by atoms with van der Waals surface area (Å²) in [6, 6.07) is 0. The molecule has 1 unspecified atom stereocenters. The molecule has 0 bridgehead atoms. The Labute approximate surface area is 72.2 Å². The van der Waals surface area contributed by atoms with Gasteiger partial charge >= 0.3 is 5.97 Å². The number of carbonyl (C=O) groups is 1. The Hall–Kier alpha value is -0.760. The number of hydrogen-bond acceptors (Lipinski definition) is 5. The molecule has 7 heteroatoms. The molecule has 0 aliphatic carbocycles. The lowest BCUT2D eigenvalue weighted by Crippen LogP contribution is -2.58. The minimum absolute atomic E-state index is 1.60. The first-order chi connectivity index (χ1) is 5.95. The second kappa shape index (κ2) is 3.54. The number of rotatable bonds is 1. The summed E-state index contributed by atoms with van der Waals surface area (Å²) in [5, 5.41) is 35.2. The van der Waals surface area contributed by atoms with Gasteiger partial charge in [-0.05, 0) is 0 Å². The number of aliphatic carboxylic acids is 1. The maximum atomic E-state index is 12.6. The molecule has 4 N–H and O–H groups in total. The number of halogens is 1. The number of carboxylic acids is 1. The summed E-state index contributed by atoms with van der Waals surface area (Å²) < 4.78 is 16.7. The van der Waals surface area contributed by atoms with Crippen LogP contribution in [0.2, 0.25) is 0 Å². The Balaban J connectivity index is 2.76. The van der Waals surface area contributed by atoms with Gasteiger partial charge in [0.2, 0.25) is 6.36 Å². The van der Waals surface area contributed by atoms with Crippen LogP contribution in [0.1, 0.15) is 0 Å². The van der Waals surface area contributed by atoms with Crippen molar-refractivity contribution >= 4 is 5.97 Å². The number of alkyl halides is 1. The van der Waals surface area contributed by atoms with Crippen LogP contribution in [-0.4, -0.2) is 57.2 Å². The summed E-state index contributed by atoms with van der Waals surface area (Å²) >= 11 is 0. The molecule has 1 saturated heterocycles. The predicted molar refractivity (Wildman–Crippen MR) is 35.4 cm³/mol. The zero-order chi connectivity index (χ0) is 10.2. The molecule has 76 valence electrons. The van der Waals surface area contributed by atoms with Crippen molar-refractivity contribution in [1.82, 2.24) is 0 Å². The van der Waals surface area contributed by atoms with Crippen LogP contribution in [0.25, 0.3) is 0 Å². The van der Waals surface area contributed by atoms with Crippen LogP contribution in [0.4, 0.5) is 4.39 Å². The molecule has 0 aromatic carbocycles. The molecular weight excluding hydrogens is 187 g/mol. The average molecular weight is 196 g/mol. The Morgan fingerprint density at radius 3 is 2.15 bits per heavy atom. The van der Waals surface area contributed by atoms with E-state index in [1.54, 1.807) is 0 Å². The SMILES string of the molecule is O=C(O)[C@H]1OC(F)[C@@H](O)[C@H](O)[C@H]1O. The summed E-state index contributed by atoms with van der Waals surface area (Å²) in [5.74, 6) is -1.60. The summed E-state index contributed by atoms with van der Waals surface area (Å²) in [4.78, 5) is 10.3. The van der Waals surface area contributed by atoms with E-state index < -0.39 is 36.7 Å². The van der Waals surface area contributed by atoms with Gasteiger partial charge in [0.15, 0.2) is 6.10 Å². The summed E-state index contributed by atoms with van der Waals surface area (Å²) in [6.45, 7) is 0. The molecule has 1 heterocycles. The molecule has 0 spiro atoms. The van der Waals surface area contributed by atoms with Crippen LogP contribution in [0.5, 0.6) is 0 Å². The molecule has 0 aromatic heterocycles. The largest absolute Gasteiger partial charge is 0.479 e. The maximum absolute atomic E-state index is 12.6. The Kier molecular flexibility index (Phi) is 2.81. The molecule has 5 atom stereocenters. The lowest BCUT2D eigenvalue weighted by atomic mass is 10.00. The molecule has 13 heavy (non-hydrogen) atoms. The fourth-order valence-corrected chi connectivity index (χ4v) is 1.04. The van der Waals surface area contributed by atoms with Crippen LogP contribution in [0, 0.1) is 0 Å². The van der Waals surface area contributed by atoms with Crippen LogP contribution < -0.4 is 0 Å². The summed E-state index contributed by atoms with van der Waals surface area (Å²) in [6.07, 6.45) is -9.78. The lowest BCUT2D eigenvalue weighted by molar-refractivity contribution is -0.257. The molecule has 1 rings (SSSR count). The molecule has 1 fully saturated rings. The van der Waals surface area contributed by atoms with Gasteiger partial charge in [0, 0.05) is 0 Å². The fraction of sp³-hybridized carbons (Fsp3) is 0.833. The minimum atomic E-state index is -2.31. The van der Waals surface area contributed by atoms with Crippen LogP contribution in [0.3, 0.4) is 0 Å². The third-order valence-electron chi connectivity index (χ3n) is 1.80. The molecule has 0 radical (unpaired) electrons. The summed E-state index contributed by atoms with van der Waals surface area (Å²) in [7, 11) is 0. The van der Waals surface area contributed by atoms with E-state index in [0.29, 0.717) is 0 Å². The Morgan fingerprint density at radius 2 is 1.69 bits per heavy atom. The van der Waals surface area contributed by atoms with Gasteiger partial charge in [-0.3, -0.25) is 0 Å². The molecule has 6 nitrogen and oxygen atoms in total. The molecule has 1 aliphatic rings. The normalized spacial score (nSPS) is 46.0. The monoisotopic (exact) mass is 196 g/mol. The Bertz CT molecular complexity index is 209. The van der Waals surface area contributed by atoms with Crippen molar-refractivity contribution in [2.24, 2.45) is 0 Å². The van der Waals surface area contributed by atoms with Gasteiger partial charge in [-0.25, -0.2) is 9.18 Å². The van der Waals surface area contributed by atoms with E-state index >= 15 is 0 Å². The van der Waals surface area contributed by atoms with E-state index in [1.165, 1.54) is 0 Å². The molecule has 1 aliphatic heterocycles. The molecule has 0 saturated carbocycles. The highest BCUT2D eigenvalue weighted by atomic mass is 19.1. The van der Waals surface area contributed by atoms with Gasteiger partial charge in [-0.2, -0.15) is 0 Å². The smallest absolute Gasteiger partial charge is 0.335 e. The van der Waals surface area contributed by atoms with Crippen molar-refractivity contribution in [3.8, 4) is 0 Å².